The lowest BCUT2D eigenvalue weighted by Crippen LogP contribution is -2.53. The van der Waals surface area contributed by atoms with Crippen molar-refractivity contribution in [3.63, 3.8) is 0 Å². The van der Waals surface area contributed by atoms with Crippen molar-refractivity contribution in [2.24, 2.45) is 11.3 Å². The van der Waals surface area contributed by atoms with Gasteiger partial charge in [0.2, 0.25) is 0 Å². The van der Waals surface area contributed by atoms with Crippen molar-refractivity contribution in [1.82, 2.24) is 10.2 Å². The Morgan fingerprint density at radius 2 is 1.77 bits per heavy atom. The molecule has 35 heavy (non-hydrogen) atoms. The Morgan fingerprint density at radius 1 is 1.09 bits per heavy atom. The Kier molecular flexibility index (Phi) is 6.11. The largest absolute Gasteiger partial charge is 0.496 e. The third kappa shape index (κ3) is 4.67. The fourth-order valence-corrected chi connectivity index (χ4v) is 6.23. The van der Waals surface area contributed by atoms with Crippen LogP contribution in [0.25, 0.3) is 11.1 Å². The summed E-state index contributed by atoms with van der Waals surface area (Å²) in [5.74, 6) is 1.34. The summed E-state index contributed by atoms with van der Waals surface area (Å²) in [5, 5.41) is 3.23. The highest BCUT2D eigenvalue weighted by atomic mass is 16.6. The maximum absolute atomic E-state index is 13.0. The minimum Gasteiger partial charge on any atom is -0.496 e. The van der Waals surface area contributed by atoms with Crippen molar-refractivity contribution in [3.05, 3.63) is 53.1 Å². The quantitative estimate of drug-likeness (QED) is 0.579. The van der Waals surface area contributed by atoms with E-state index in [4.69, 9.17) is 9.47 Å². The average molecular weight is 477 g/mol. The molecule has 0 radical (unpaired) electrons. The van der Waals surface area contributed by atoms with Crippen molar-refractivity contribution in [1.29, 1.82) is 0 Å². The number of hydrogen-bond donors (Lipinski definition) is 1. The molecule has 5 nitrogen and oxygen atoms in total. The minimum absolute atomic E-state index is 0.00877. The van der Waals surface area contributed by atoms with Gasteiger partial charge in [-0.25, -0.2) is 4.79 Å². The fraction of sp³-hybridized carbons (Fsp3) is 0.567. The Balaban J connectivity index is 1.38. The molecule has 1 N–H and O–H groups in total. The number of piperidine rings is 3. The molecule has 1 amide bonds. The number of fused-ring (bicyclic) bond motifs is 4. The summed E-state index contributed by atoms with van der Waals surface area (Å²) in [6.45, 7) is 14.3. The number of rotatable bonds is 4. The zero-order valence-electron chi connectivity index (χ0n) is 22.1. The van der Waals surface area contributed by atoms with E-state index in [0.29, 0.717) is 5.92 Å². The predicted octanol–water partition coefficient (Wildman–Crippen LogP) is 6.10. The highest BCUT2D eigenvalue weighted by Gasteiger charge is 2.42. The average Bonchev–Trinajstić information content (AvgIpc) is 3.07. The van der Waals surface area contributed by atoms with Gasteiger partial charge in [0, 0.05) is 12.1 Å². The van der Waals surface area contributed by atoms with Gasteiger partial charge in [-0.05, 0) is 83.5 Å². The molecular weight excluding hydrogens is 436 g/mol. The molecule has 3 heterocycles. The van der Waals surface area contributed by atoms with Crippen LogP contribution in [0.5, 0.6) is 5.75 Å². The van der Waals surface area contributed by atoms with Crippen LogP contribution < -0.4 is 10.1 Å². The van der Waals surface area contributed by atoms with E-state index in [2.05, 4.69) is 81.2 Å². The van der Waals surface area contributed by atoms with Crippen LogP contribution in [0.3, 0.4) is 0 Å². The molecule has 2 bridgehead atoms. The maximum Gasteiger partial charge on any atom is 0.407 e. The van der Waals surface area contributed by atoms with Gasteiger partial charge in [-0.1, -0.05) is 58.9 Å². The Hall–Kier alpha value is -2.53. The number of amides is 1. The Labute approximate surface area is 210 Å². The van der Waals surface area contributed by atoms with Crippen LogP contribution in [0.15, 0.2) is 36.4 Å². The van der Waals surface area contributed by atoms with Crippen molar-refractivity contribution in [2.75, 3.05) is 26.7 Å². The number of carbonyl (C=O) groups is 1. The third-order valence-electron chi connectivity index (χ3n) is 8.38. The SMILES string of the molecule is COc1cc2c(cc1-c1ccc(C(C)(C)C)cc1)CC(C)(C)C2NC(=O)O[C@H]1CN2CCC1CC2. The van der Waals surface area contributed by atoms with Crippen molar-refractivity contribution >= 4 is 6.09 Å². The van der Waals surface area contributed by atoms with Crippen LogP contribution in [0.1, 0.15) is 70.2 Å². The first kappa shape index (κ1) is 24.2. The molecule has 6 rings (SSSR count). The second-order valence-corrected chi connectivity index (χ2v) is 12.4. The molecule has 4 aliphatic rings. The number of hydrogen-bond acceptors (Lipinski definition) is 4. The van der Waals surface area contributed by atoms with E-state index >= 15 is 0 Å². The lowest BCUT2D eigenvalue weighted by molar-refractivity contribution is -0.0349. The lowest BCUT2D eigenvalue weighted by Gasteiger charge is -2.44. The molecule has 188 valence electrons. The molecule has 3 fully saturated rings. The van der Waals surface area contributed by atoms with E-state index in [1.165, 1.54) is 11.1 Å². The summed E-state index contributed by atoms with van der Waals surface area (Å²) in [6, 6.07) is 13.1. The van der Waals surface area contributed by atoms with E-state index in [9.17, 15) is 4.79 Å². The van der Waals surface area contributed by atoms with Crippen molar-refractivity contribution in [2.45, 2.75) is 71.4 Å². The van der Waals surface area contributed by atoms with Gasteiger partial charge < -0.3 is 14.8 Å². The van der Waals surface area contributed by atoms with Gasteiger partial charge >= 0.3 is 6.09 Å². The number of alkyl carbamates (subject to hydrolysis) is 1. The summed E-state index contributed by atoms with van der Waals surface area (Å²) >= 11 is 0. The van der Waals surface area contributed by atoms with Gasteiger partial charge in [0.1, 0.15) is 11.9 Å². The molecule has 0 aromatic heterocycles. The highest BCUT2D eigenvalue weighted by molar-refractivity contribution is 5.74. The molecule has 0 saturated carbocycles. The molecule has 3 saturated heterocycles. The fourth-order valence-electron chi connectivity index (χ4n) is 6.23. The van der Waals surface area contributed by atoms with E-state index in [0.717, 1.165) is 61.3 Å². The van der Waals surface area contributed by atoms with Crippen molar-refractivity contribution in [3.8, 4) is 16.9 Å². The third-order valence-corrected chi connectivity index (χ3v) is 8.38. The summed E-state index contributed by atoms with van der Waals surface area (Å²) in [6.07, 6.45) is 2.87. The zero-order valence-corrected chi connectivity index (χ0v) is 22.1. The number of ether oxygens (including phenoxy) is 2. The second-order valence-electron chi connectivity index (χ2n) is 12.4. The van der Waals surface area contributed by atoms with Gasteiger partial charge in [-0.15, -0.1) is 0 Å². The van der Waals surface area contributed by atoms with Gasteiger partial charge in [0.05, 0.1) is 13.2 Å². The minimum atomic E-state index is -0.296. The van der Waals surface area contributed by atoms with Crippen LogP contribution >= 0.6 is 0 Å². The summed E-state index contributed by atoms with van der Waals surface area (Å²) in [4.78, 5) is 15.4. The van der Waals surface area contributed by atoms with E-state index in [-0.39, 0.29) is 29.1 Å². The first-order valence-corrected chi connectivity index (χ1v) is 13.1. The number of nitrogens with one attached hydrogen (secondary N) is 1. The first-order chi connectivity index (χ1) is 16.5. The van der Waals surface area contributed by atoms with E-state index in [1.807, 2.05) is 0 Å². The molecule has 3 aliphatic heterocycles. The Morgan fingerprint density at radius 3 is 2.34 bits per heavy atom. The number of carbonyl (C=O) groups excluding carboxylic acids is 1. The molecule has 1 aliphatic carbocycles. The van der Waals surface area contributed by atoms with E-state index in [1.54, 1.807) is 7.11 Å². The number of nitrogens with zero attached hydrogens (tertiary/aromatic N) is 1. The number of methoxy groups -OCH3 is 1. The first-order valence-electron chi connectivity index (χ1n) is 13.1. The van der Waals surface area contributed by atoms with Crippen LogP contribution in [0, 0.1) is 11.3 Å². The smallest absolute Gasteiger partial charge is 0.407 e. The van der Waals surface area contributed by atoms with Gasteiger partial charge in [-0.2, -0.15) is 0 Å². The van der Waals surface area contributed by atoms with Crippen LogP contribution in [-0.2, 0) is 16.6 Å². The topological polar surface area (TPSA) is 50.8 Å². The molecule has 5 heteroatoms. The van der Waals surface area contributed by atoms with Crippen LogP contribution in [0.2, 0.25) is 0 Å². The van der Waals surface area contributed by atoms with Crippen molar-refractivity contribution < 1.29 is 14.3 Å². The zero-order chi connectivity index (χ0) is 25.0. The number of benzene rings is 2. The predicted molar refractivity (Wildman–Crippen MR) is 140 cm³/mol. The molecule has 0 spiro atoms. The molecule has 2 aromatic carbocycles. The molecule has 2 atom stereocenters. The summed E-state index contributed by atoms with van der Waals surface area (Å²) in [7, 11) is 1.72. The van der Waals surface area contributed by atoms with Gasteiger partial charge in [0.15, 0.2) is 0 Å². The molecular formula is C30H40N2O3. The summed E-state index contributed by atoms with van der Waals surface area (Å²) < 4.78 is 11.8. The molecule has 2 aromatic rings. The van der Waals surface area contributed by atoms with Crippen LogP contribution in [-0.4, -0.2) is 43.8 Å². The highest BCUT2D eigenvalue weighted by Crippen LogP contribution is 2.48. The Bertz CT molecular complexity index is 1090. The molecule has 1 unspecified atom stereocenters. The second kappa shape index (κ2) is 8.85. The van der Waals surface area contributed by atoms with Gasteiger partial charge in [-0.3, -0.25) is 4.90 Å². The monoisotopic (exact) mass is 476 g/mol. The normalized spacial score (nSPS) is 26.8. The van der Waals surface area contributed by atoms with Crippen LogP contribution in [0.4, 0.5) is 4.79 Å². The lowest BCUT2D eigenvalue weighted by atomic mass is 9.85. The maximum atomic E-state index is 13.0. The van der Waals surface area contributed by atoms with E-state index < -0.39 is 0 Å². The standard InChI is InChI=1S/C30H40N2O3/c1-29(2,3)22-9-7-19(8-10-22)23-15-21-17-30(4,5)27(24(21)16-25(23)34-6)31-28(33)35-26-18-32-13-11-20(26)12-14-32/h7-10,15-16,20,26-27H,11-14,17-18H2,1-6H3,(H,31,33)/t26-,27?/m0/s1. The summed E-state index contributed by atoms with van der Waals surface area (Å²) in [5.41, 5.74) is 5.95. The van der Waals surface area contributed by atoms with Gasteiger partial charge in [0.25, 0.3) is 0 Å².